The topological polar surface area (TPSA) is 116 Å². The van der Waals surface area contributed by atoms with Crippen molar-refractivity contribution in [3.05, 3.63) is 58.3 Å². The Morgan fingerprint density at radius 3 is 2.79 bits per heavy atom. The van der Waals surface area contributed by atoms with E-state index in [0.717, 1.165) is 0 Å². The normalized spacial score (nSPS) is 11.7. The lowest BCUT2D eigenvalue weighted by molar-refractivity contribution is 0.0930. The molecule has 0 saturated carbocycles. The molecule has 0 unspecified atom stereocenters. The van der Waals surface area contributed by atoms with Crippen LogP contribution in [0.3, 0.4) is 0 Å². The van der Waals surface area contributed by atoms with Gasteiger partial charge in [0.1, 0.15) is 28.8 Å². The number of hydrogen-bond donors (Lipinski definition) is 2. The van der Waals surface area contributed by atoms with E-state index in [1.165, 1.54) is 25.1 Å². The molecule has 0 spiro atoms. The third kappa shape index (κ3) is 4.50. The molecule has 0 fully saturated rings. The van der Waals surface area contributed by atoms with E-state index in [9.17, 15) is 14.0 Å². The Bertz CT molecular complexity index is 1110. The van der Waals surface area contributed by atoms with Gasteiger partial charge in [-0.15, -0.1) is 0 Å². The number of nitrogens with one attached hydrogen (secondary N) is 2. The van der Waals surface area contributed by atoms with Crippen molar-refractivity contribution in [2.24, 2.45) is 0 Å². The van der Waals surface area contributed by atoms with Crippen LogP contribution in [-0.4, -0.2) is 37.7 Å². The van der Waals surface area contributed by atoms with Crippen molar-refractivity contribution in [1.29, 1.82) is 5.26 Å². The Balaban J connectivity index is 1.67. The summed E-state index contributed by atoms with van der Waals surface area (Å²) < 4.78 is 15.5. The zero-order chi connectivity index (χ0) is 21.1. The van der Waals surface area contributed by atoms with E-state index >= 15 is 0 Å². The summed E-state index contributed by atoms with van der Waals surface area (Å²) in [5.74, 6) is -1.35. The van der Waals surface area contributed by atoms with Crippen molar-refractivity contribution in [3.63, 3.8) is 0 Å². The number of aromatic nitrogens is 4. The van der Waals surface area contributed by atoms with Gasteiger partial charge in [-0.25, -0.2) is 4.39 Å². The fourth-order valence-corrected chi connectivity index (χ4v) is 2.94. The summed E-state index contributed by atoms with van der Waals surface area (Å²) in [6.07, 6.45) is 1.69. The van der Waals surface area contributed by atoms with Gasteiger partial charge in [0.25, 0.3) is 5.91 Å². The highest BCUT2D eigenvalue weighted by Gasteiger charge is 2.16. The predicted molar refractivity (Wildman–Crippen MR) is 103 cm³/mol. The number of aromatic amines is 1. The second-order valence-corrected chi connectivity index (χ2v) is 6.85. The maximum Gasteiger partial charge on any atom is 0.269 e. The van der Waals surface area contributed by atoms with Crippen LogP contribution in [0.5, 0.6) is 0 Å². The van der Waals surface area contributed by atoms with Crippen LogP contribution in [-0.2, 0) is 6.54 Å². The van der Waals surface area contributed by atoms with E-state index in [2.05, 4.69) is 20.6 Å². The van der Waals surface area contributed by atoms with E-state index in [4.69, 9.17) is 16.9 Å². The van der Waals surface area contributed by atoms with Crippen LogP contribution in [0.1, 0.15) is 40.4 Å². The molecule has 10 heteroatoms. The van der Waals surface area contributed by atoms with E-state index in [0.29, 0.717) is 17.8 Å². The first kappa shape index (κ1) is 20.2. The number of rotatable bonds is 6. The number of halogens is 2. The quantitative estimate of drug-likeness (QED) is 0.601. The number of H-pyrrole nitrogens is 1. The minimum absolute atomic E-state index is 0.0159. The number of hydrogen-bond acceptors (Lipinski definition) is 5. The van der Waals surface area contributed by atoms with Crippen molar-refractivity contribution in [3.8, 4) is 17.3 Å². The summed E-state index contributed by atoms with van der Waals surface area (Å²) in [6.45, 7) is 3.51. The van der Waals surface area contributed by atoms with Crippen LogP contribution < -0.4 is 5.32 Å². The standard InChI is InChI=1S/C19H16ClFN6O2/c1-10(23-19(29)18-7-17(11(2)28)24-25-18)9-27-4-3-16(26-27)12-5-14(20)13(8-22)15(21)6-12/h3-7,10H,9H2,1-2H3,(H,23,29)(H,24,25)/t10-/m0/s1. The Morgan fingerprint density at radius 2 is 2.17 bits per heavy atom. The van der Waals surface area contributed by atoms with Crippen molar-refractivity contribution in [2.45, 2.75) is 26.4 Å². The predicted octanol–water partition coefficient (Wildman–Crippen LogP) is 2.96. The second kappa shape index (κ2) is 8.24. The van der Waals surface area contributed by atoms with Gasteiger partial charge in [-0.1, -0.05) is 11.6 Å². The van der Waals surface area contributed by atoms with Gasteiger partial charge in [-0.2, -0.15) is 15.5 Å². The molecule has 29 heavy (non-hydrogen) atoms. The summed E-state index contributed by atoms with van der Waals surface area (Å²) >= 11 is 5.94. The highest BCUT2D eigenvalue weighted by molar-refractivity contribution is 6.32. The Kier molecular flexibility index (Phi) is 5.75. The van der Waals surface area contributed by atoms with E-state index in [-0.39, 0.29) is 33.8 Å². The number of carbonyl (C=O) groups is 2. The largest absolute Gasteiger partial charge is 0.346 e. The fraction of sp³-hybridized carbons (Fsp3) is 0.211. The molecule has 1 amide bonds. The molecule has 0 radical (unpaired) electrons. The van der Waals surface area contributed by atoms with Crippen LogP contribution in [0, 0.1) is 17.1 Å². The number of Topliss-reactive ketones (excluding diaryl/α,β-unsaturated/α-hetero) is 1. The van der Waals surface area contributed by atoms with Crippen LogP contribution in [0.25, 0.3) is 11.3 Å². The smallest absolute Gasteiger partial charge is 0.269 e. The molecule has 0 saturated heterocycles. The third-order valence-corrected chi connectivity index (χ3v) is 4.41. The molecule has 2 N–H and O–H groups in total. The van der Waals surface area contributed by atoms with Crippen molar-refractivity contribution in [2.75, 3.05) is 0 Å². The van der Waals surface area contributed by atoms with Gasteiger partial charge < -0.3 is 5.32 Å². The summed E-state index contributed by atoms with van der Waals surface area (Å²) in [5.41, 5.74) is 1.08. The zero-order valence-electron chi connectivity index (χ0n) is 15.5. The number of nitrogens with zero attached hydrogens (tertiary/aromatic N) is 4. The third-order valence-electron chi connectivity index (χ3n) is 4.11. The number of nitriles is 1. The molecule has 0 aliphatic rings. The number of amides is 1. The SMILES string of the molecule is CC(=O)c1cc(C(=O)N[C@@H](C)Cn2ccc(-c3cc(F)c(C#N)c(Cl)c3)n2)[nH]n1. The minimum Gasteiger partial charge on any atom is -0.346 e. The lowest BCUT2D eigenvalue weighted by atomic mass is 10.1. The van der Waals surface area contributed by atoms with Crippen molar-refractivity contribution < 1.29 is 14.0 Å². The monoisotopic (exact) mass is 414 g/mol. The average Bonchev–Trinajstić information content (AvgIpc) is 3.31. The van der Waals surface area contributed by atoms with Gasteiger partial charge in [0, 0.05) is 24.7 Å². The number of carbonyl (C=O) groups excluding carboxylic acids is 2. The first-order valence-corrected chi connectivity index (χ1v) is 8.96. The lowest BCUT2D eigenvalue weighted by Gasteiger charge is -2.13. The number of benzene rings is 1. The summed E-state index contributed by atoms with van der Waals surface area (Å²) in [5, 5.41) is 22.4. The van der Waals surface area contributed by atoms with Gasteiger partial charge in [0.2, 0.25) is 0 Å². The summed E-state index contributed by atoms with van der Waals surface area (Å²) in [6, 6.07) is 7.17. The molecule has 3 rings (SSSR count). The molecule has 2 heterocycles. The molecular weight excluding hydrogens is 399 g/mol. The molecule has 2 aromatic heterocycles. The maximum absolute atomic E-state index is 14.0. The van der Waals surface area contributed by atoms with E-state index in [1.54, 1.807) is 29.9 Å². The zero-order valence-corrected chi connectivity index (χ0v) is 16.3. The minimum atomic E-state index is -0.713. The van der Waals surface area contributed by atoms with Gasteiger partial charge >= 0.3 is 0 Å². The van der Waals surface area contributed by atoms with Gasteiger partial charge in [-0.05, 0) is 31.2 Å². The van der Waals surface area contributed by atoms with E-state index < -0.39 is 11.7 Å². The molecule has 8 nitrogen and oxygen atoms in total. The molecule has 3 aromatic rings. The van der Waals surface area contributed by atoms with Crippen molar-refractivity contribution >= 4 is 23.3 Å². The van der Waals surface area contributed by atoms with Crippen LogP contribution in [0.15, 0.2) is 30.5 Å². The molecule has 0 aliphatic carbocycles. The fourth-order valence-electron chi connectivity index (χ4n) is 2.69. The first-order valence-electron chi connectivity index (χ1n) is 8.58. The highest BCUT2D eigenvalue weighted by Crippen LogP contribution is 2.26. The van der Waals surface area contributed by atoms with Crippen LogP contribution in [0.4, 0.5) is 4.39 Å². The Morgan fingerprint density at radius 1 is 1.41 bits per heavy atom. The van der Waals surface area contributed by atoms with E-state index in [1.807, 2.05) is 0 Å². The Hall–Kier alpha value is -3.51. The average molecular weight is 415 g/mol. The first-order chi connectivity index (χ1) is 13.8. The Labute approximate surface area is 170 Å². The highest BCUT2D eigenvalue weighted by atomic mass is 35.5. The van der Waals surface area contributed by atoms with Gasteiger partial charge in [0.15, 0.2) is 5.78 Å². The second-order valence-electron chi connectivity index (χ2n) is 6.45. The van der Waals surface area contributed by atoms with Gasteiger partial charge in [0.05, 0.1) is 17.3 Å². The summed E-state index contributed by atoms with van der Waals surface area (Å²) in [4.78, 5) is 23.5. The maximum atomic E-state index is 14.0. The van der Waals surface area contributed by atoms with Crippen molar-refractivity contribution in [1.82, 2.24) is 25.3 Å². The summed E-state index contributed by atoms with van der Waals surface area (Å²) in [7, 11) is 0. The molecule has 148 valence electrons. The molecular formula is C19H16ClFN6O2. The van der Waals surface area contributed by atoms with Crippen LogP contribution in [0.2, 0.25) is 5.02 Å². The number of ketones is 1. The molecule has 1 atom stereocenters. The molecule has 0 aliphatic heterocycles. The van der Waals surface area contributed by atoms with Crippen LogP contribution >= 0.6 is 11.6 Å². The molecule has 0 bridgehead atoms. The molecule has 1 aromatic carbocycles. The lowest BCUT2D eigenvalue weighted by Crippen LogP contribution is -2.36. The van der Waals surface area contributed by atoms with Gasteiger partial charge in [-0.3, -0.25) is 19.4 Å².